The number of amides is 2. The highest BCUT2D eigenvalue weighted by Gasteiger charge is 2.37. The van der Waals surface area contributed by atoms with Crippen LogP contribution in [0.15, 0.2) is 42.3 Å². The van der Waals surface area contributed by atoms with Gasteiger partial charge in [-0.3, -0.25) is 15.0 Å². The molecule has 0 radical (unpaired) electrons. The van der Waals surface area contributed by atoms with Gasteiger partial charge in [0.05, 0.1) is 11.1 Å². The van der Waals surface area contributed by atoms with Gasteiger partial charge < -0.3 is 0 Å². The first-order chi connectivity index (χ1) is 14.8. The van der Waals surface area contributed by atoms with Crippen molar-refractivity contribution in [1.82, 2.24) is 25.2 Å². The summed E-state index contributed by atoms with van der Waals surface area (Å²) in [5, 5.41) is 4.89. The van der Waals surface area contributed by atoms with Crippen LogP contribution in [0.1, 0.15) is 24.5 Å². The van der Waals surface area contributed by atoms with E-state index in [0.717, 1.165) is 33.9 Å². The Labute approximate surface area is 177 Å². The summed E-state index contributed by atoms with van der Waals surface area (Å²) in [5.74, 6) is -1.50. The van der Waals surface area contributed by atoms with Gasteiger partial charge in [-0.05, 0) is 31.5 Å². The van der Waals surface area contributed by atoms with Crippen LogP contribution >= 0.6 is 0 Å². The molecule has 2 heterocycles. The molecule has 13 heteroatoms. The highest BCUT2D eigenvalue weighted by atomic mass is 19.4. The van der Waals surface area contributed by atoms with E-state index in [9.17, 15) is 35.9 Å². The average Bonchev–Trinajstić information content (AvgIpc) is 3.16. The lowest BCUT2D eigenvalue weighted by Crippen LogP contribution is -2.47. The molecule has 0 atom stereocenters. The van der Waals surface area contributed by atoms with Gasteiger partial charge >= 0.3 is 12.4 Å². The summed E-state index contributed by atoms with van der Waals surface area (Å²) in [6.07, 6.45) is -4.98. The van der Waals surface area contributed by atoms with Gasteiger partial charge in [0.25, 0.3) is 11.8 Å². The Hall–Kier alpha value is -3.64. The Morgan fingerprint density at radius 2 is 1.72 bits per heavy atom. The topological polar surface area (TPSA) is 80.1 Å². The predicted octanol–water partition coefficient (Wildman–Crippen LogP) is 3.66. The van der Waals surface area contributed by atoms with E-state index in [1.807, 2.05) is 0 Å². The predicted molar refractivity (Wildman–Crippen MR) is 99.0 cm³/mol. The molecule has 170 valence electrons. The molecule has 1 aromatic carbocycles. The minimum Gasteiger partial charge on any atom is -0.268 e. The van der Waals surface area contributed by atoms with Crippen molar-refractivity contribution in [3.8, 4) is 11.4 Å². The SMILES string of the molecule is CC1=CC(=O)N(NC(=O)/C=C\n2cnc(-c3cc(C(F)(F)F)cc(C(F)(F)F)c3)n2)CC1. The zero-order valence-electron chi connectivity index (χ0n) is 16.3. The van der Waals surface area contributed by atoms with Gasteiger partial charge in [0.2, 0.25) is 0 Å². The minimum atomic E-state index is -5.00. The second kappa shape index (κ2) is 8.48. The normalized spacial score (nSPS) is 15.3. The summed E-state index contributed by atoms with van der Waals surface area (Å²) in [6, 6.07) is 1.01. The first kappa shape index (κ1) is 23.0. The van der Waals surface area contributed by atoms with Gasteiger partial charge in [0, 0.05) is 30.5 Å². The van der Waals surface area contributed by atoms with Crippen molar-refractivity contribution >= 4 is 18.0 Å². The quantitative estimate of drug-likeness (QED) is 0.559. The van der Waals surface area contributed by atoms with Crippen LogP contribution in [0.25, 0.3) is 17.6 Å². The number of nitrogens with zero attached hydrogens (tertiary/aromatic N) is 4. The van der Waals surface area contributed by atoms with Crippen LogP contribution in [0.5, 0.6) is 0 Å². The first-order valence-electron chi connectivity index (χ1n) is 9.01. The molecular formula is C19H15F6N5O2. The molecule has 0 spiro atoms. The Kier molecular flexibility index (Phi) is 6.10. The Morgan fingerprint density at radius 3 is 2.28 bits per heavy atom. The van der Waals surface area contributed by atoms with Crippen molar-refractivity contribution in [3.05, 3.63) is 53.4 Å². The molecule has 0 aliphatic carbocycles. The molecule has 7 nitrogen and oxygen atoms in total. The van der Waals surface area contributed by atoms with Gasteiger partial charge in [0.1, 0.15) is 6.33 Å². The average molecular weight is 459 g/mol. The van der Waals surface area contributed by atoms with E-state index in [0.29, 0.717) is 18.6 Å². The van der Waals surface area contributed by atoms with Crippen LogP contribution in [0.4, 0.5) is 26.3 Å². The van der Waals surface area contributed by atoms with E-state index in [1.54, 1.807) is 6.92 Å². The van der Waals surface area contributed by atoms with Crippen LogP contribution in [-0.4, -0.2) is 38.1 Å². The molecule has 0 saturated heterocycles. The number of halogens is 6. The molecule has 2 amide bonds. The van der Waals surface area contributed by atoms with Crippen LogP contribution in [0.3, 0.4) is 0 Å². The third-order valence-electron chi connectivity index (χ3n) is 4.34. The highest BCUT2D eigenvalue weighted by molar-refractivity contribution is 5.94. The van der Waals surface area contributed by atoms with Crippen molar-refractivity contribution in [1.29, 1.82) is 0 Å². The second-order valence-electron chi connectivity index (χ2n) is 6.87. The second-order valence-corrected chi connectivity index (χ2v) is 6.87. The molecule has 1 aromatic heterocycles. The van der Waals surface area contributed by atoms with Crippen molar-refractivity contribution < 1.29 is 35.9 Å². The lowest BCUT2D eigenvalue weighted by Gasteiger charge is -2.24. The Bertz CT molecular complexity index is 1070. The molecule has 1 aliphatic heterocycles. The third kappa shape index (κ3) is 5.53. The Morgan fingerprint density at radius 1 is 1.09 bits per heavy atom. The van der Waals surface area contributed by atoms with Crippen LogP contribution in [0, 0.1) is 0 Å². The molecule has 0 bridgehead atoms. The maximum absolute atomic E-state index is 13.0. The number of hydrogen-bond acceptors (Lipinski definition) is 4. The maximum Gasteiger partial charge on any atom is 0.416 e. The number of carbonyl (C=O) groups is 2. The highest BCUT2D eigenvalue weighted by Crippen LogP contribution is 2.38. The van der Waals surface area contributed by atoms with E-state index < -0.39 is 46.7 Å². The molecular weight excluding hydrogens is 444 g/mol. The lowest BCUT2D eigenvalue weighted by molar-refractivity contribution is -0.143. The number of benzene rings is 1. The summed E-state index contributed by atoms with van der Waals surface area (Å²) in [5.41, 5.74) is -0.270. The zero-order valence-corrected chi connectivity index (χ0v) is 16.3. The van der Waals surface area contributed by atoms with Crippen LogP contribution < -0.4 is 5.43 Å². The number of alkyl halides is 6. The van der Waals surface area contributed by atoms with Gasteiger partial charge in [-0.15, -0.1) is 5.10 Å². The number of nitrogens with one attached hydrogen (secondary N) is 1. The number of carbonyl (C=O) groups excluding carboxylic acids is 2. The number of rotatable bonds is 4. The van der Waals surface area contributed by atoms with Gasteiger partial charge in [-0.2, -0.15) is 26.3 Å². The van der Waals surface area contributed by atoms with E-state index in [4.69, 9.17) is 0 Å². The lowest BCUT2D eigenvalue weighted by atomic mass is 10.0. The van der Waals surface area contributed by atoms with Crippen molar-refractivity contribution in [3.63, 3.8) is 0 Å². The first-order valence-corrected chi connectivity index (χ1v) is 9.01. The van der Waals surface area contributed by atoms with Crippen LogP contribution in [0.2, 0.25) is 0 Å². The van der Waals surface area contributed by atoms with Crippen molar-refractivity contribution in [2.75, 3.05) is 6.54 Å². The van der Waals surface area contributed by atoms with E-state index >= 15 is 0 Å². The molecule has 0 unspecified atom stereocenters. The summed E-state index contributed by atoms with van der Waals surface area (Å²) in [7, 11) is 0. The summed E-state index contributed by atoms with van der Waals surface area (Å²) < 4.78 is 79.0. The molecule has 1 aliphatic rings. The standard InChI is InChI=1S/C19H15F6N5O2/c1-11-2-5-30(16(32)6-11)27-15(31)3-4-29-10-26-17(28-29)12-7-13(18(20,21)22)9-14(8-12)19(23,24)25/h3-4,6-10H,2,5H2,1H3,(H,27,31)/b4-3-. The number of hydrazine groups is 1. The summed E-state index contributed by atoms with van der Waals surface area (Å²) >= 11 is 0. The van der Waals surface area contributed by atoms with Crippen molar-refractivity contribution in [2.45, 2.75) is 25.7 Å². The maximum atomic E-state index is 13.0. The smallest absolute Gasteiger partial charge is 0.268 e. The summed E-state index contributed by atoms with van der Waals surface area (Å²) in [6.45, 7) is 2.06. The zero-order chi connectivity index (χ0) is 23.7. The van der Waals surface area contributed by atoms with Gasteiger partial charge in [-0.1, -0.05) is 5.57 Å². The van der Waals surface area contributed by atoms with E-state index in [2.05, 4.69) is 15.5 Å². The fourth-order valence-electron chi connectivity index (χ4n) is 2.75. The third-order valence-corrected chi connectivity index (χ3v) is 4.34. The fraction of sp³-hybridized carbons (Fsp3) is 0.263. The Balaban J connectivity index is 1.78. The molecule has 32 heavy (non-hydrogen) atoms. The molecule has 1 N–H and O–H groups in total. The van der Waals surface area contributed by atoms with Gasteiger partial charge in [0.15, 0.2) is 5.82 Å². The van der Waals surface area contributed by atoms with E-state index in [-0.39, 0.29) is 12.6 Å². The monoisotopic (exact) mass is 459 g/mol. The largest absolute Gasteiger partial charge is 0.416 e. The van der Waals surface area contributed by atoms with Crippen LogP contribution in [-0.2, 0) is 21.9 Å². The molecule has 3 rings (SSSR count). The van der Waals surface area contributed by atoms with E-state index in [1.165, 1.54) is 6.08 Å². The molecule has 0 fully saturated rings. The molecule has 2 aromatic rings. The minimum absolute atomic E-state index is 0.00328. The van der Waals surface area contributed by atoms with Crippen molar-refractivity contribution in [2.24, 2.45) is 0 Å². The molecule has 0 saturated carbocycles. The summed E-state index contributed by atoms with van der Waals surface area (Å²) in [4.78, 5) is 27.5. The van der Waals surface area contributed by atoms with Gasteiger partial charge in [-0.25, -0.2) is 14.7 Å². The number of hydrogen-bond donors (Lipinski definition) is 1. The number of aromatic nitrogens is 3. The fourth-order valence-corrected chi connectivity index (χ4v) is 2.75.